The summed E-state index contributed by atoms with van der Waals surface area (Å²) in [6.07, 6.45) is 0.666. The van der Waals surface area contributed by atoms with Crippen LogP contribution in [0.3, 0.4) is 0 Å². The Hall–Kier alpha value is -1.71. The molecule has 0 aromatic heterocycles. The summed E-state index contributed by atoms with van der Waals surface area (Å²) < 4.78 is 14.2. The predicted molar refractivity (Wildman–Crippen MR) is 80.8 cm³/mol. The summed E-state index contributed by atoms with van der Waals surface area (Å²) in [7, 11) is 0. The van der Waals surface area contributed by atoms with Crippen LogP contribution in [0, 0.1) is 26.6 Å². The standard InChI is InChI=1S/C17H21FN2/c1-11-5-4-6-14(8-11)10-16(20-19)17-13(3)7-12(2)9-15(17)18/h4-9,16,20H,10,19H2,1-3H3. The Morgan fingerprint density at radius 1 is 1.10 bits per heavy atom. The second kappa shape index (κ2) is 6.16. The van der Waals surface area contributed by atoms with Crippen molar-refractivity contribution in [2.75, 3.05) is 0 Å². The third-order valence-corrected chi connectivity index (χ3v) is 3.55. The largest absolute Gasteiger partial charge is 0.271 e. The minimum atomic E-state index is -0.225. The third-order valence-electron chi connectivity index (χ3n) is 3.55. The average molecular weight is 272 g/mol. The van der Waals surface area contributed by atoms with Gasteiger partial charge >= 0.3 is 0 Å². The summed E-state index contributed by atoms with van der Waals surface area (Å²) >= 11 is 0. The number of hydrogen-bond donors (Lipinski definition) is 2. The number of hydrazine groups is 1. The van der Waals surface area contributed by atoms with Crippen molar-refractivity contribution in [3.05, 3.63) is 70.0 Å². The fraction of sp³-hybridized carbons (Fsp3) is 0.294. The summed E-state index contributed by atoms with van der Waals surface area (Å²) in [6, 6.07) is 11.5. The highest BCUT2D eigenvalue weighted by Crippen LogP contribution is 2.25. The molecule has 3 heteroatoms. The molecule has 2 nitrogen and oxygen atoms in total. The number of aryl methyl sites for hydroxylation is 3. The van der Waals surface area contributed by atoms with Crippen LogP contribution >= 0.6 is 0 Å². The second-order valence-corrected chi connectivity index (χ2v) is 5.39. The first-order chi connectivity index (χ1) is 9.51. The zero-order valence-electron chi connectivity index (χ0n) is 12.2. The monoisotopic (exact) mass is 272 g/mol. The lowest BCUT2D eigenvalue weighted by Crippen LogP contribution is -2.31. The fourth-order valence-electron chi connectivity index (χ4n) is 2.69. The van der Waals surface area contributed by atoms with Gasteiger partial charge in [-0.3, -0.25) is 11.3 Å². The lowest BCUT2D eigenvalue weighted by Gasteiger charge is -2.20. The molecule has 2 aromatic carbocycles. The summed E-state index contributed by atoms with van der Waals surface area (Å²) in [4.78, 5) is 0. The van der Waals surface area contributed by atoms with Crippen molar-refractivity contribution < 1.29 is 4.39 Å². The first kappa shape index (κ1) is 14.7. The van der Waals surface area contributed by atoms with Gasteiger partial charge in [0.1, 0.15) is 5.82 Å². The molecule has 0 aliphatic heterocycles. The number of nitrogens with one attached hydrogen (secondary N) is 1. The van der Waals surface area contributed by atoms with Crippen molar-refractivity contribution in [3.8, 4) is 0 Å². The van der Waals surface area contributed by atoms with Gasteiger partial charge in [0.15, 0.2) is 0 Å². The zero-order chi connectivity index (χ0) is 14.7. The van der Waals surface area contributed by atoms with Gasteiger partial charge in [-0.15, -0.1) is 0 Å². The molecule has 0 fully saturated rings. The molecule has 2 rings (SSSR count). The van der Waals surface area contributed by atoms with E-state index in [1.165, 1.54) is 5.56 Å². The highest BCUT2D eigenvalue weighted by atomic mass is 19.1. The van der Waals surface area contributed by atoms with Crippen LogP contribution < -0.4 is 11.3 Å². The summed E-state index contributed by atoms with van der Waals surface area (Å²) in [6.45, 7) is 5.86. The molecule has 0 saturated carbocycles. The van der Waals surface area contributed by atoms with Gasteiger partial charge in [0.25, 0.3) is 0 Å². The number of nitrogens with two attached hydrogens (primary N) is 1. The lowest BCUT2D eigenvalue weighted by molar-refractivity contribution is 0.507. The van der Waals surface area contributed by atoms with E-state index in [0.29, 0.717) is 12.0 Å². The van der Waals surface area contributed by atoms with E-state index in [4.69, 9.17) is 5.84 Å². The Labute approximate surface area is 119 Å². The van der Waals surface area contributed by atoms with Crippen LogP contribution in [0.2, 0.25) is 0 Å². The van der Waals surface area contributed by atoms with Gasteiger partial charge in [-0.25, -0.2) is 4.39 Å². The topological polar surface area (TPSA) is 38.0 Å². The Kier molecular flexibility index (Phi) is 4.53. The molecule has 2 aromatic rings. The minimum absolute atomic E-state index is 0.196. The van der Waals surface area contributed by atoms with E-state index < -0.39 is 0 Å². The van der Waals surface area contributed by atoms with Gasteiger partial charge in [0.05, 0.1) is 6.04 Å². The maximum atomic E-state index is 14.2. The van der Waals surface area contributed by atoms with Crippen LogP contribution in [0.15, 0.2) is 36.4 Å². The minimum Gasteiger partial charge on any atom is -0.271 e. The lowest BCUT2D eigenvalue weighted by atomic mass is 9.93. The molecule has 0 heterocycles. The van der Waals surface area contributed by atoms with E-state index in [0.717, 1.165) is 16.7 Å². The van der Waals surface area contributed by atoms with Crippen molar-refractivity contribution >= 4 is 0 Å². The summed E-state index contributed by atoms with van der Waals surface area (Å²) in [5.74, 6) is 5.45. The molecule has 0 aliphatic rings. The molecule has 0 saturated heterocycles. The molecular weight excluding hydrogens is 251 g/mol. The Bertz CT molecular complexity index is 585. The quantitative estimate of drug-likeness (QED) is 0.660. The normalized spacial score (nSPS) is 12.4. The van der Waals surface area contributed by atoms with Gasteiger partial charge in [0, 0.05) is 5.56 Å². The van der Waals surface area contributed by atoms with Gasteiger partial charge < -0.3 is 0 Å². The van der Waals surface area contributed by atoms with E-state index in [1.54, 1.807) is 6.07 Å². The molecule has 1 atom stereocenters. The Morgan fingerprint density at radius 2 is 1.85 bits per heavy atom. The molecule has 0 aliphatic carbocycles. The number of rotatable bonds is 4. The van der Waals surface area contributed by atoms with E-state index >= 15 is 0 Å². The Morgan fingerprint density at radius 3 is 2.45 bits per heavy atom. The first-order valence-corrected chi connectivity index (χ1v) is 6.79. The van der Waals surface area contributed by atoms with Gasteiger partial charge in [0.2, 0.25) is 0 Å². The smallest absolute Gasteiger partial charge is 0.128 e. The molecule has 106 valence electrons. The van der Waals surface area contributed by atoms with Gasteiger partial charge in [-0.2, -0.15) is 0 Å². The van der Waals surface area contributed by atoms with Crippen LogP contribution in [-0.4, -0.2) is 0 Å². The molecule has 20 heavy (non-hydrogen) atoms. The van der Waals surface area contributed by atoms with Crippen molar-refractivity contribution in [1.29, 1.82) is 0 Å². The zero-order valence-corrected chi connectivity index (χ0v) is 12.2. The van der Waals surface area contributed by atoms with Crippen molar-refractivity contribution in [1.82, 2.24) is 5.43 Å². The van der Waals surface area contributed by atoms with Gasteiger partial charge in [-0.1, -0.05) is 35.9 Å². The van der Waals surface area contributed by atoms with Crippen LogP contribution in [0.5, 0.6) is 0 Å². The van der Waals surface area contributed by atoms with Crippen LogP contribution in [0.25, 0.3) is 0 Å². The summed E-state index contributed by atoms with van der Waals surface area (Å²) in [5.41, 5.74) is 7.59. The van der Waals surface area contributed by atoms with Crippen LogP contribution in [0.4, 0.5) is 4.39 Å². The van der Waals surface area contributed by atoms with E-state index in [2.05, 4.69) is 11.5 Å². The summed E-state index contributed by atoms with van der Waals surface area (Å²) in [5, 5.41) is 0. The fourth-order valence-corrected chi connectivity index (χ4v) is 2.69. The van der Waals surface area contributed by atoms with Crippen LogP contribution in [-0.2, 0) is 6.42 Å². The van der Waals surface area contributed by atoms with Crippen LogP contribution in [0.1, 0.15) is 33.9 Å². The predicted octanol–water partition coefficient (Wildman–Crippen LogP) is 3.50. The maximum Gasteiger partial charge on any atom is 0.128 e. The van der Waals surface area contributed by atoms with Crippen molar-refractivity contribution in [2.45, 2.75) is 33.2 Å². The van der Waals surface area contributed by atoms with Crippen molar-refractivity contribution in [3.63, 3.8) is 0 Å². The number of hydrogen-bond acceptors (Lipinski definition) is 2. The van der Waals surface area contributed by atoms with Crippen molar-refractivity contribution in [2.24, 2.45) is 5.84 Å². The molecule has 0 spiro atoms. The molecule has 3 N–H and O–H groups in total. The average Bonchev–Trinajstić information content (AvgIpc) is 2.36. The van der Waals surface area contributed by atoms with E-state index in [9.17, 15) is 4.39 Å². The Balaban J connectivity index is 2.34. The van der Waals surface area contributed by atoms with E-state index in [-0.39, 0.29) is 11.9 Å². The van der Waals surface area contributed by atoms with Gasteiger partial charge in [-0.05, 0) is 49.9 Å². The first-order valence-electron chi connectivity index (χ1n) is 6.79. The number of halogens is 1. The highest BCUT2D eigenvalue weighted by Gasteiger charge is 2.18. The third kappa shape index (κ3) is 3.24. The molecule has 0 amide bonds. The molecular formula is C17H21FN2. The molecule has 1 unspecified atom stereocenters. The molecule has 0 radical (unpaired) electrons. The number of benzene rings is 2. The second-order valence-electron chi connectivity index (χ2n) is 5.39. The molecule has 0 bridgehead atoms. The SMILES string of the molecule is Cc1cccc(CC(NN)c2c(C)cc(C)cc2F)c1. The maximum absolute atomic E-state index is 14.2. The van der Waals surface area contributed by atoms with E-state index in [1.807, 2.05) is 45.0 Å². The highest BCUT2D eigenvalue weighted by molar-refractivity contribution is 5.35.